The number of amides is 7. The van der Waals surface area contributed by atoms with Crippen molar-refractivity contribution in [2.75, 3.05) is 13.1 Å². The third-order valence-electron chi connectivity index (χ3n) is 6.75. The molecule has 0 aliphatic rings. The predicted octanol–water partition coefficient (Wildman–Crippen LogP) is -3.97. The average molecular weight is 659 g/mol. The molecule has 0 radical (unpaired) electrons. The van der Waals surface area contributed by atoms with Gasteiger partial charge < -0.3 is 53.6 Å². The first-order valence-electron chi connectivity index (χ1n) is 14.5. The Kier molecular flexibility index (Phi) is 18.1. The molecule has 0 saturated carbocycles. The SMILES string of the molecule is CC[C@H](C)[C@H](NC(=O)CNC(=O)[C@H](CCC(=O)O)NC(=O)[C@H](C)NC(=O)CNC(=O)[C@H](CC(N)=O)NC(=O)[C@@H](N)C(C)C)C(=O)O. The molecule has 6 atom stereocenters. The summed E-state index contributed by atoms with van der Waals surface area (Å²) in [5.41, 5.74) is 10.9. The van der Waals surface area contributed by atoms with Crippen LogP contribution in [0.4, 0.5) is 0 Å². The van der Waals surface area contributed by atoms with E-state index in [4.69, 9.17) is 16.6 Å². The summed E-state index contributed by atoms with van der Waals surface area (Å²) < 4.78 is 0. The monoisotopic (exact) mass is 658 g/mol. The Bertz CT molecular complexity index is 1150. The summed E-state index contributed by atoms with van der Waals surface area (Å²) in [6, 6.07) is -6.37. The second-order valence-electron chi connectivity index (χ2n) is 11.0. The van der Waals surface area contributed by atoms with Gasteiger partial charge in [-0.3, -0.25) is 38.4 Å². The van der Waals surface area contributed by atoms with Crippen LogP contribution in [0.25, 0.3) is 0 Å². The summed E-state index contributed by atoms with van der Waals surface area (Å²) in [7, 11) is 0. The third-order valence-corrected chi connectivity index (χ3v) is 6.75. The van der Waals surface area contributed by atoms with Crippen LogP contribution in [0.1, 0.15) is 60.3 Å². The molecule has 260 valence electrons. The number of rotatable bonds is 21. The number of carboxylic acid groups (broad SMARTS) is 2. The Morgan fingerprint density at radius 1 is 0.696 bits per heavy atom. The van der Waals surface area contributed by atoms with Crippen molar-refractivity contribution in [3.63, 3.8) is 0 Å². The van der Waals surface area contributed by atoms with Crippen LogP contribution in [0.5, 0.6) is 0 Å². The number of hydrogen-bond acceptors (Lipinski definition) is 10. The molecule has 19 nitrogen and oxygen atoms in total. The van der Waals surface area contributed by atoms with E-state index in [1.807, 2.05) is 0 Å². The normalized spacial score (nSPS) is 14.7. The van der Waals surface area contributed by atoms with Crippen LogP contribution in [-0.2, 0) is 43.2 Å². The molecular formula is C27H46N8O11. The van der Waals surface area contributed by atoms with Crippen LogP contribution in [0.15, 0.2) is 0 Å². The lowest BCUT2D eigenvalue weighted by atomic mass is 9.99. The Hall–Kier alpha value is -4.81. The lowest BCUT2D eigenvalue weighted by molar-refractivity contribution is -0.143. The van der Waals surface area contributed by atoms with Crippen LogP contribution in [0.2, 0.25) is 0 Å². The summed E-state index contributed by atoms with van der Waals surface area (Å²) in [6.45, 7) is 6.57. The summed E-state index contributed by atoms with van der Waals surface area (Å²) in [4.78, 5) is 109. The van der Waals surface area contributed by atoms with E-state index in [-0.39, 0.29) is 12.3 Å². The molecule has 0 rings (SSSR count). The van der Waals surface area contributed by atoms with E-state index in [2.05, 4.69) is 31.9 Å². The van der Waals surface area contributed by atoms with E-state index >= 15 is 0 Å². The van der Waals surface area contributed by atoms with E-state index in [0.29, 0.717) is 6.42 Å². The van der Waals surface area contributed by atoms with E-state index in [9.17, 15) is 48.3 Å². The van der Waals surface area contributed by atoms with Gasteiger partial charge in [0.05, 0.1) is 25.6 Å². The molecule has 0 fully saturated rings. The average Bonchev–Trinajstić information content (AvgIpc) is 2.97. The number of carbonyl (C=O) groups is 9. The smallest absolute Gasteiger partial charge is 0.326 e. The molecule has 0 heterocycles. The van der Waals surface area contributed by atoms with Crippen LogP contribution < -0.4 is 43.4 Å². The molecular weight excluding hydrogens is 612 g/mol. The minimum Gasteiger partial charge on any atom is -0.481 e. The molecule has 0 spiro atoms. The number of carboxylic acids is 2. The molecule has 0 aliphatic heterocycles. The number of hydrogen-bond donors (Lipinski definition) is 10. The van der Waals surface area contributed by atoms with Gasteiger partial charge in [-0.15, -0.1) is 0 Å². The fourth-order valence-electron chi connectivity index (χ4n) is 3.66. The number of aliphatic carboxylic acids is 2. The minimum absolute atomic E-state index is 0.281. The maximum absolute atomic E-state index is 12.7. The molecule has 0 aromatic rings. The van der Waals surface area contributed by atoms with Crippen molar-refractivity contribution in [2.24, 2.45) is 23.3 Å². The highest BCUT2D eigenvalue weighted by Crippen LogP contribution is 2.08. The van der Waals surface area contributed by atoms with Gasteiger partial charge in [-0.25, -0.2) is 4.79 Å². The molecule has 7 amide bonds. The second-order valence-corrected chi connectivity index (χ2v) is 11.0. The van der Waals surface area contributed by atoms with Gasteiger partial charge in [0.15, 0.2) is 0 Å². The van der Waals surface area contributed by atoms with E-state index < -0.39 is 115 Å². The van der Waals surface area contributed by atoms with E-state index in [1.54, 1.807) is 27.7 Å². The van der Waals surface area contributed by atoms with Crippen LogP contribution >= 0.6 is 0 Å². The Morgan fingerprint density at radius 3 is 1.65 bits per heavy atom. The number of nitrogens with two attached hydrogens (primary N) is 2. The fraction of sp³-hybridized carbons (Fsp3) is 0.667. The Labute approximate surface area is 265 Å². The zero-order chi connectivity index (χ0) is 35.7. The van der Waals surface area contributed by atoms with Gasteiger partial charge in [0.25, 0.3) is 0 Å². The van der Waals surface area contributed by atoms with Crippen LogP contribution in [0, 0.1) is 11.8 Å². The topological polar surface area (TPSA) is 318 Å². The van der Waals surface area contributed by atoms with Crippen molar-refractivity contribution in [1.82, 2.24) is 31.9 Å². The molecule has 0 aromatic heterocycles. The van der Waals surface area contributed by atoms with Crippen molar-refractivity contribution in [3.05, 3.63) is 0 Å². The fourth-order valence-corrected chi connectivity index (χ4v) is 3.66. The molecule has 0 bridgehead atoms. The molecule has 0 aromatic carbocycles. The van der Waals surface area contributed by atoms with Crippen LogP contribution in [0.3, 0.4) is 0 Å². The molecule has 0 unspecified atom stereocenters. The van der Waals surface area contributed by atoms with E-state index in [0.717, 1.165) is 0 Å². The number of nitrogens with one attached hydrogen (secondary N) is 6. The van der Waals surface area contributed by atoms with Crippen LogP contribution in [-0.4, -0.2) is 107 Å². The first-order chi connectivity index (χ1) is 21.3. The summed E-state index contributed by atoms with van der Waals surface area (Å²) in [6.07, 6.45) is -1.06. The van der Waals surface area contributed by atoms with Crippen molar-refractivity contribution in [3.8, 4) is 0 Å². The van der Waals surface area contributed by atoms with Gasteiger partial charge in [0.1, 0.15) is 24.2 Å². The highest BCUT2D eigenvalue weighted by Gasteiger charge is 2.29. The van der Waals surface area contributed by atoms with Crippen molar-refractivity contribution in [1.29, 1.82) is 0 Å². The second kappa shape index (κ2) is 20.3. The molecule has 46 heavy (non-hydrogen) atoms. The maximum atomic E-state index is 12.7. The highest BCUT2D eigenvalue weighted by molar-refractivity contribution is 5.96. The standard InChI is InChI=1S/C27H46N8O11/c1-6-13(4)22(27(45)46)35-19(38)11-30-24(42)15(7-8-20(39)40)33-23(41)14(5)32-18(37)10-31-25(43)16(9-17(28)36)34-26(44)21(29)12(2)3/h12-16,21-22H,6-11,29H2,1-5H3,(H2,28,36)(H,30,42)(H,31,43)(H,32,37)(H,33,41)(H,34,44)(H,35,38)(H,39,40)(H,45,46)/t13-,14-,15-,16-,21-,22-/m0/s1. The Balaban J connectivity index is 5.22. The van der Waals surface area contributed by atoms with Crippen molar-refractivity contribution < 1.29 is 53.4 Å². The van der Waals surface area contributed by atoms with Gasteiger partial charge in [-0.2, -0.15) is 0 Å². The first kappa shape index (κ1) is 41.2. The Morgan fingerprint density at radius 2 is 1.20 bits per heavy atom. The minimum atomic E-state index is -1.45. The van der Waals surface area contributed by atoms with Crippen molar-refractivity contribution in [2.45, 2.75) is 90.5 Å². The summed E-state index contributed by atoms with van der Waals surface area (Å²) in [5.74, 6) is -9.35. The first-order valence-corrected chi connectivity index (χ1v) is 14.5. The summed E-state index contributed by atoms with van der Waals surface area (Å²) >= 11 is 0. The molecule has 0 saturated heterocycles. The number of primary amides is 1. The zero-order valence-corrected chi connectivity index (χ0v) is 26.5. The van der Waals surface area contributed by atoms with Gasteiger partial charge >= 0.3 is 11.9 Å². The maximum Gasteiger partial charge on any atom is 0.326 e. The largest absolute Gasteiger partial charge is 0.481 e. The quantitative estimate of drug-likeness (QED) is 0.0565. The molecule has 12 N–H and O–H groups in total. The zero-order valence-electron chi connectivity index (χ0n) is 26.5. The van der Waals surface area contributed by atoms with Crippen molar-refractivity contribution >= 4 is 53.3 Å². The van der Waals surface area contributed by atoms with Gasteiger partial charge in [-0.1, -0.05) is 34.1 Å². The predicted molar refractivity (Wildman–Crippen MR) is 160 cm³/mol. The van der Waals surface area contributed by atoms with Gasteiger partial charge in [0.2, 0.25) is 41.4 Å². The summed E-state index contributed by atoms with van der Waals surface area (Å²) in [5, 5.41) is 31.9. The molecule has 0 aliphatic carbocycles. The number of carbonyl (C=O) groups excluding carboxylic acids is 7. The third kappa shape index (κ3) is 15.8. The molecule has 19 heteroatoms. The highest BCUT2D eigenvalue weighted by atomic mass is 16.4. The lowest BCUT2D eigenvalue weighted by Gasteiger charge is -2.22. The lowest BCUT2D eigenvalue weighted by Crippen LogP contribution is -2.56. The van der Waals surface area contributed by atoms with E-state index in [1.165, 1.54) is 6.92 Å². The van der Waals surface area contributed by atoms with Gasteiger partial charge in [-0.05, 0) is 25.2 Å². The van der Waals surface area contributed by atoms with Gasteiger partial charge in [0, 0.05) is 6.42 Å².